The van der Waals surface area contributed by atoms with Gasteiger partial charge in [-0.2, -0.15) is 5.10 Å². The van der Waals surface area contributed by atoms with Crippen molar-refractivity contribution in [1.82, 2.24) is 14.8 Å². The first kappa shape index (κ1) is 15.3. The number of aromatic nitrogens is 3. The molecule has 0 aliphatic rings. The van der Waals surface area contributed by atoms with Gasteiger partial charge in [0.1, 0.15) is 5.82 Å². The molecule has 25 heavy (non-hydrogen) atoms. The minimum Gasteiger partial charge on any atom is -0.322 e. The number of aryl methyl sites for hydroxylation is 1. The van der Waals surface area contributed by atoms with Gasteiger partial charge in [-0.1, -0.05) is 29.5 Å². The number of amides is 1. The Morgan fingerprint density at radius 2 is 1.96 bits per heavy atom. The van der Waals surface area contributed by atoms with Crippen molar-refractivity contribution in [3.63, 3.8) is 0 Å². The average Bonchev–Trinajstić information content (AvgIpc) is 3.21. The number of hydrogen-bond donors (Lipinski definition) is 2. The van der Waals surface area contributed by atoms with Crippen LogP contribution in [0.2, 0.25) is 0 Å². The van der Waals surface area contributed by atoms with Crippen molar-refractivity contribution in [3.05, 3.63) is 66.4 Å². The van der Waals surface area contributed by atoms with Crippen LogP contribution in [0.1, 0.15) is 10.4 Å². The fraction of sp³-hybridized carbons (Fsp3) is 0.0556. The molecule has 0 atom stereocenters. The molecule has 0 aliphatic carbocycles. The number of hydrogen-bond acceptors (Lipinski definition) is 5. The van der Waals surface area contributed by atoms with Crippen molar-refractivity contribution >= 4 is 44.1 Å². The maximum atomic E-state index is 12.4. The minimum absolute atomic E-state index is 0.136. The molecular weight excluding hydrogens is 334 g/mol. The molecule has 4 aromatic rings. The van der Waals surface area contributed by atoms with E-state index in [0.29, 0.717) is 5.56 Å². The maximum Gasteiger partial charge on any atom is 0.255 e. The minimum atomic E-state index is -0.136. The highest BCUT2D eigenvalue weighted by molar-refractivity contribution is 7.22. The van der Waals surface area contributed by atoms with E-state index in [9.17, 15) is 4.79 Å². The Labute approximate surface area is 148 Å². The number of nitrogens with zero attached hydrogens (tertiary/aromatic N) is 3. The molecule has 7 heteroatoms. The lowest BCUT2D eigenvalue weighted by molar-refractivity contribution is 0.102. The van der Waals surface area contributed by atoms with Gasteiger partial charge in [0.15, 0.2) is 5.13 Å². The molecule has 1 amide bonds. The number of nitrogens with one attached hydrogen (secondary N) is 2. The highest BCUT2D eigenvalue weighted by Crippen LogP contribution is 2.29. The van der Waals surface area contributed by atoms with Crippen LogP contribution in [-0.2, 0) is 7.05 Å². The largest absolute Gasteiger partial charge is 0.322 e. The quantitative estimate of drug-likeness (QED) is 0.583. The number of fused-ring (bicyclic) bond motifs is 1. The summed E-state index contributed by atoms with van der Waals surface area (Å²) in [4.78, 5) is 17.0. The Kier molecular flexibility index (Phi) is 3.91. The van der Waals surface area contributed by atoms with Crippen LogP contribution in [0.5, 0.6) is 0 Å². The van der Waals surface area contributed by atoms with Crippen LogP contribution < -0.4 is 10.6 Å². The maximum absolute atomic E-state index is 12.4. The van der Waals surface area contributed by atoms with E-state index in [2.05, 4.69) is 20.7 Å². The number of benzene rings is 2. The van der Waals surface area contributed by atoms with Gasteiger partial charge < -0.3 is 10.6 Å². The van der Waals surface area contributed by atoms with E-state index in [4.69, 9.17) is 0 Å². The predicted octanol–water partition coefficient (Wildman–Crippen LogP) is 4.03. The molecule has 2 heterocycles. The fourth-order valence-corrected chi connectivity index (χ4v) is 3.36. The fourth-order valence-electron chi connectivity index (χ4n) is 2.45. The van der Waals surface area contributed by atoms with E-state index < -0.39 is 0 Å². The molecule has 6 nitrogen and oxygen atoms in total. The summed E-state index contributed by atoms with van der Waals surface area (Å²) in [6, 6.07) is 16.8. The summed E-state index contributed by atoms with van der Waals surface area (Å²) in [7, 11) is 1.86. The van der Waals surface area contributed by atoms with Gasteiger partial charge in [0.25, 0.3) is 5.91 Å². The summed E-state index contributed by atoms with van der Waals surface area (Å²) in [6.45, 7) is 0. The number of thiazole rings is 1. The average molecular weight is 349 g/mol. The van der Waals surface area contributed by atoms with Crippen LogP contribution in [0.15, 0.2) is 60.8 Å². The number of carbonyl (C=O) groups excluding carboxylic acids is 1. The highest BCUT2D eigenvalue weighted by Gasteiger charge is 2.11. The molecule has 0 saturated heterocycles. The van der Waals surface area contributed by atoms with E-state index in [1.165, 1.54) is 11.3 Å². The second-order valence-corrected chi connectivity index (χ2v) is 6.52. The molecular formula is C18H15N5OS. The van der Waals surface area contributed by atoms with E-state index in [1.807, 2.05) is 55.6 Å². The molecule has 0 spiro atoms. The first-order valence-corrected chi connectivity index (χ1v) is 8.53. The molecule has 4 rings (SSSR count). The molecule has 124 valence electrons. The van der Waals surface area contributed by atoms with Crippen LogP contribution >= 0.6 is 11.3 Å². The van der Waals surface area contributed by atoms with Crippen molar-refractivity contribution < 1.29 is 4.79 Å². The van der Waals surface area contributed by atoms with Gasteiger partial charge in [0.2, 0.25) is 0 Å². The molecule has 2 aromatic heterocycles. The zero-order chi connectivity index (χ0) is 17.2. The van der Waals surface area contributed by atoms with Gasteiger partial charge in [-0.15, -0.1) is 0 Å². The number of para-hydroxylation sites is 1. The molecule has 0 radical (unpaired) electrons. The zero-order valence-electron chi connectivity index (χ0n) is 13.4. The summed E-state index contributed by atoms with van der Waals surface area (Å²) >= 11 is 1.50. The van der Waals surface area contributed by atoms with E-state index >= 15 is 0 Å². The van der Waals surface area contributed by atoms with Crippen molar-refractivity contribution in [2.75, 3.05) is 10.6 Å². The van der Waals surface area contributed by atoms with Crippen molar-refractivity contribution in [3.8, 4) is 0 Å². The highest BCUT2D eigenvalue weighted by atomic mass is 32.1. The first-order valence-electron chi connectivity index (χ1n) is 7.71. The summed E-state index contributed by atoms with van der Waals surface area (Å²) < 4.78 is 2.69. The zero-order valence-corrected chi connectivity index (χ0v) is 14.2. The molecule has 0 fully saturated rings. The van der Waals surface area contributed by atoms with Crippen LogP contribution in [0.3, 0.4) is 0 Å². The van der Waals surface area contributed by atoms with Crippen LogP contribution in [0.4, 0.5) is 16.6 Å². The van der Waals surface area contributed by atoms with Crippen LogP contribution in [-0.4, -0.2) is 20.7 Å². The number of rotatable bonds is 4. The Morgan fingerprint density at radius 1 is 1.12 bits per heavy atom. The van der Waals surface area contributed by atoms with Gasteiger partial charge in [0.05, 0.1) is 16.4 Å². The number of anilines is 3. The van der Waals surface area contributed by atoms with Gasteiger partial charge in [-0.25, -0.2) is 4.98 Å². The van der Waals surface area contributed by atoms with Crippen LogP contribution in [0.25, 0.3) is 10.2 Å². The van der Waals surface area contributed by atoms with Crippen LogP contribution in [0, 0.1) is 0 Å². The first-order chi connectivity index (χ1) is 12.2. The second kappa shape index (κ2) is 6.37. The Balaban J connectivity index is 1.57. The van der Waals surface area contributed by atoms with Gasteiger partial charge >= 0.3 is 0 Å². The lowest BCUT2D eigenvalue weighted by Gasteiger charge is -2.04. The Hall–Kier alpha value is -3.19. The normalized spacial score (nSPS) is 10.8. The summed E-state index contributed by atoms with van der Waals surface area (Å²) in [5, 5.41) is 11.0. The summed E-state index contributed by atoms with van der Waals surface area (Å²) in [5.41, 5.74) is 2.23. The third-order valence-corrected chi connectivity index (χ3v) is 4.67. The van der Waals surface area contributed by atoms with Crippen molar-refractivity contribution in [1.29, 1.82) is 0 Å². The van der Waals surface area contributed by atoms with Gasteiger partial charge in [-0.3, -0.25) is 9.48 Å². The number of carbonyl (C=O) groups is 1. The smallest absolute Gasteiger partial charge is 0.255 e. The monoisotopic (exact) mass is 349 g/mol. The summed E-state index contributed by atoms with van der Waals surface area (Å²) in [6.07, 6.45) is 1.72. The molecule has 2 N–H and O–H groups in total. The molecule has 0 aliphatic heterocycles. The van der Waals surface area contributed by atoms with E-state index in [-0.39, 0.29) is 5.91 Å². The molecule has 2 aromatic carbocycles. The molecule has 0 bridgehead atoms. The SMILES string of the molecule is Cn1nccc1Nc1nc2ccc(C(=O)Nc3ccccc3)cc2s1. The topological polar surface area (TPSA) is 71.8 Å². The Morgan fingerprint density at radius 3 is 2.72 bits per heavy atom. The lowest BCUT2D eigenvalue weighted by Crippen LogP contribution is -2.11. The van der Waals surface area contributed by atoms with Gasteiger partial charge in [0, 0.05) is 24.4 Å². The standard InChI is InChI=1S/C18H15N5OS/c1-23-16(9-10-19-23)22-18-21-14-8-7-12(11-15(14)25-18)17(24)20-13-5-3-2-4-6-13/h2-11H,1H3,(H,20,24)(H,21,22). The Bertz CT molecular complexity index is 1040. The van der Waals surface area contributed by atoms with Crippen molar-refractivity contribution in [2.24, 2.45) is 7.05 Å². The third kappa shape index (κ3) is 3.22. The summed E-state index contributed by atoms with van der Waals surface area (Å²) in [5.74, 6) is 0.726. The third-order valence-electron chi connectivity index (χ3n) is 3.74. The second-order valence-electron chi connectivity index (χ2n) is 5.49. The molecule has 0 saturated carbocycles. The molecule has 0 unspecified atom stereocenters. The van der Waals surface area contributed by atoms with Crippen molar-refractivity contribution in [2.45, 2.75) is 0 Å². The van der Waals surface area contributed by atoms with E-state index in [0.717, 1.165) is 26.9 Å². The predicted molar refractivity (Wildman–Crippen MR) is 101 cm³/mol. The lowest BCUT2D eigenvalue weighted by atomic mass is 10.2. The van der Waals surface area contributed by atoms with Gasteiger partial charge in [-0.05, 0) is 30.3 Å². The van der Waals surface area contributed by atoms with E-state index in [1.54, 1.807) is 16.9 Å².